The number of carbonyl (C=O) groups excluding carboxylic acids is 3. The Bertz CT molecular complexity index is 790. The lowest BCUT2D eigenvalue weighted by atomic mass is 9.94. The Hall–Kier alpha value is -1.73. The number of rotatable bonds is 7. The van der Waals surface area contributed by atoms with Gasteiger partial charge in [0.05, 0.1) is 10.6 Å². The van der Waals surface area contributed by atoms with E-state index in [1.54, 1.807) is 36.0 Å². The summed E-state index contributed by atoms with van der Waals surface area (Å²) in [6.45, 7) is 2.84. The average Bonchev–Trinajstić information content (AvgIpc) is 3.11. The van der Waals surface area contributed by atoms with Gasteiger partial charge in [-0.2, -0.15) is 11.8 Å². The van der Waals surface area contributed by atoms with Crippen molar-refractivity contribution in [1.29, 1.82) is 0 Å². The zero-order valence-electron chi connectivity index (χ0n) is 18.9. The van der Waals surface area contributed by atoms with Gasteiger partial charge in [-0.15, -0.1) is 0 Å². The first-order chi connectivity index (χ1) is 15.5. The number of amides is 3. The number of benzene rings is 1. The number of thioether (sulfide) groups is 1. The molecule has 0 aliphatic carbocycles. The smallest absolute Gasteiger partial charge is 0.253 e. The number of halogens is 1. The van der Waals surface area contributed by atoms with Crippen LogP contribution < -0.4 is 5.32 Å². The maximum Gasteiger partial charge on any atom is 0.253 e. The first kappa shape index (κ1) is 24.9. The molecule has 2 fully saturated rings. The van der Waals surface area contributed by atoms with Crippen LogP contribution in [0.1, 0.15) is 55.3 Å². The summed E-state index contributed by atoms with van der Waals surface area (Å²) in [5.74, 6) is 0.620. The Balaban J connectivity index is 1.58. The summed E-state index contributed by atoms with van der Waals surface area (Å²) in [4.78, 5) is 42.8. The summed E-state index contributed by atoms with van der Waals surface area (Å²) in [6.07, 6.45) is 8.50. The molecule has 2 aliphatic heterocycles. The van der Waals surface area contributed by atoms with Crippen molar-refractivity contribution in [3.8, 4) is 0 Å². The summed E-state index contributed by atoms with van der Waals surface area (Å²) in [5, 5.41) is 3.26. The van der Waals surface area contributed by atoms with Crippen molar-refractivity contribution in [2.24, 2.45) is 5.92 Å². The van der Waals surface area contributed by atoms with Gasteiger partial charge in [-0.25, -0.2) is 0 Å². The van der Waals surface area contributed by atoms with E-state index >= 15 is 0 Å². The lowest BCUT2D eigenvalue weighted by Crippen LogP contribution is -2.52. The summed E-state index contributed by atoms with van der Waals surface area (Å²) in [6, 6.07) is 6.26. The highest BCUT2D eigenvalue weighted by molar-refractivity contribution is 7.98. The van der Waals surface area contributed by atoms with Crippen LogP contribution in [0.5, 0.6) is 0 Å². The second kappa shape index (κ2) is 12.5. The molecule has 0 saturated carbocycles. The first-order valence-electron chi connectivity index (χ1n) is 11.6. The van der Waals surface area contributed by atoms with Gasteiger partial charge in [-0.1, -0.05) is 36.6 Å². The molecule has 32 heavy (non-hydrogen) atoms. The lowest BCUT2D eigenvalue weighted by molar-refractivity contribution is -0.141. The van der Waals surface area contributed by atoms with Gasteiger partial charge < -0.3 is 15.1 Å². The third-order valence-electron chi connectivity index (χ3n) is 6.41. The minimum absolute atomic E-state index is 0.000450. The van der Waals surface area contributed by atoms with E-state index < -0.39 is 6.04 Å². The molecule has 1 unspecified atom stereocenters. The minimum Gasteiger partial charge on any atom is -0.342 e. The molecule has 2 heterocycles. The Morgan fingerprint density at radius 3 is 2.31 bits per heavy atom. The quantitative estimate of drug-likeness (QED) is 0.645. The molecule has 0 spiro atoms. The maximum absolute atomic E-state index is 13.3. The summed E-state index contributed by atoms with van der Waals surface area (Å²) >= 11 is 7.80. The van der Waals surface area contributed by atoms with E-state index in [9.17, 15) is 14.4 Å². The van der Waals surface area contributed by atoms with Gasteiger partial charge in [0.1, 0.15) is 6.04 Å². The Labute approximate surface area is 200 Å². The van der Waals surface area contributed by atoms with Crippen LogP contribution in [0.4, 0.5) is 0 Å². The second-order valence-electron chi connectivity index (χ2n) is 8.63. The lowest BCUT2D eigenvalue weighted by Gasteiger charge is -2.35. The van der Waals surface area contributed by atoms with Gasteiger partial charge in [-0.3, -0.25) is 14.4 Å². The van der Waals surface area contributed by atoms with E-state index in [-0.39, 0.29) is 23.6 Å². The van der Waals surface area contributed by atoms with Gasteiger partial charge in [-0.05, 0) is 56.2 Å². The average molecular weight is 480 g/mol. The van der Waals surface area contributed by atoms with Crippen molar-refractivity contribution in [3.63, 3.8) is 0 Å². The van der Waals surface area contributed by atoms with Crippen LogP contribution in [0.25, 0.3) is 0 Å². The number of piperidine rings is 1. The van der Waals surface area contributed by atoms with Gasteiger partial charge in [0.15, 0.2) is 0 Å². The van der Waals surface area contributed by atoms with Crippen LogP contribution in [0.15, 0.2) is 24.3 Å². The van der Waals surface area contributed by atoms with Crippen molar-refractivity contribution in [2.75, 3.05) is 38.2 Å². The van der Waals surface area contributed by atoms with E-state index in [4.69, 9.17) is 11.6 Å². The molecule has 3 rings (SSSR count). The number of likely N-dealkylation sites (tertiary alicyclic amines) is 2. The van der Waals surface area contributed by atoms with Crippen molar-refractivity contribution < 1.29 is 14.4 Å². The van der Waals surface area contributed by atoms with Gasteiger partial charge >= 0.3 is 0 Å². The molecule has 1 aromatic rings. The molecule has 0 aromatic heterocycles. The topological polar surface area (TPSA) is 69.7 Å². The fourth-order valence-electron chi connectivity index (χ4n) is 4.49. The third-order valence-corrected chi connectivity index (χ3v) is 7.38. The second-order valence-corrected chi connectivity index (χ2v) is 10.0. The van der Waals surface area contributed by atoms with Crippen LogP contribution in [0.3, 0.4) is 0 Å². The monoisotopic (exact) mass is 479 g/mol. The molecule has 0 bridgehead atoms. The highest BCUT2D eigenvalue weighted by Gasteiger charge is 2.33. The van der Waals surface area contributed by atoms with Gasteiger partial charge in [0, 0.05) is 32.1 Å². The van der Waals surface area contributed by atoms with Crippen LogP contribution in [-0.2, 0) is 9.59 Å². The molecule has 1 aromatic carbocycles. The Kier molecular flexibility index (Phi) is 9.72. The van der Waals surface area contributed by atoms with E-state index in [0.717, 1.165) is 31.7 Å². The van der Waals surface area contributed by atoms with Crippen molar-refractivity contribution >= 4 is 41.1 Å². The SMILES string of the molecule is CSCCC(NC(=O)c1ccccc1Cl)C(=O)N1CCC(C(=O)N2CCCCCC2)CC1. The van der Waals surface area contributed by atoms with Gasteiger partial charge in [0.2, 0.25) is 11.8 Å². The van der Waals surface area contributed by atoms with Crippen molar-refractivity contribution in [1.82, 2.24) is 15.1 Å². The third kappa shape index (κ3) is 6.64. The fraction of sp³-hybridized carbons (Fsp3) is 0.625. The molecule has 8 heteroatoms. The van der Waals surface area contributed by atoms with Crippen LogP contribution in [0.2, 0.25) is 5.02 Å². The predicted molar refractivity (Wildman–Crippen MR) is 130 cm³/mol. The molecule has 1 N–H and O–H groups in total. The highest BCUT2D eigenvalue weighted by atomic mass is 35.5. The summed E-state index contributed by atoms with van der Waals surface area (Å²) in [5.41, 5.74) is 0.373. The molecule has 0 radical (unpaired) electrons. The normalized spacial score (nSPS) is 18.7. The summed E-state index contributed by atoms with van der Waals surface area (Å²) < 4.78 is 0. The van der Waals surface area contributed by atoms with E-state index in [0.29, 0.717) is 42.9 Å². The number of nitrogens with one attached hydrogen (secondary N) is 1. The first-order valence-corrected chi connectivity index (χ1v) is 13.4. The van der Waals surface area contributed by atoms with E-state index in [2.05, 4.69) is 5.32 Å². The molecule has 1 atom stereocenters. The molecular weight excluding hydrogens is 446 g/mol. The summed E-state index contributed by atoms with van der Waals surface area (Å²) in [7, 11) is 0. The molecular formula is C24H34ClN3O3S. The Morgan fingerprint density at radius 1 is 1.03 bits per heavy atom. The number of carbonyl (C=O) groups is 3. The van der Waals surface area contributed by atoms with Crippen LogP contribution in [-0.4, -0.2) is 71.8 Å². The molecule has 2 saturated heterocycles. The predicted octanol–water partition coefficient (Wildman–Crippen LogP) is 3.83. The molecule has 6 nitrogen and oxygen atoms in total. The van der Waals surface area contributed by atoms with Gasteiger partial charge in [0.25, 0.3) is 5.91 Å². The van der Waals surface area contributed by atoms with Crippen molar-refractivity contribution in [3.05, 3.63) is 34.9 Å². The number of hydrogen-bond acceptors (Lipinski definition) is 4. The largest absolute Gasteiger partial charge is 0.342 e. The van der Waals surface area contributed by atoms with Crippen LogP contribution >= 0.6 is 23.4 Å². The maximum atomic E-state index is 13.3. The Morgan fingerprint density at radius 2 is 1.69 bits per heavy atom. The zero-order chi connectivity index (χ0) is 22.9. The zero-order valence-corrected chi connectivity index (χ0v) is 20.4. The molecule has 3 amide bonds. The standard InChI is InChI=1S/C24H34ClN3O3S/c1-32-17-12-21(26-22(29)19-8-4-5-9-20(19)25)24(31)28-15-10-18(11-16-28)23(30)27-13-6-2-3-7-14-27/h4-5,8-9,18,21H,2-3,6-7,10-17H2,1H3,(H,26,29). The van der Waals surface area contributed by atoms with E-state index in [1.807, 2.05) is 16.1 Å². The fourth-order valence-corrected chi connectivity index (χ4v) is 5.18. The highest BCUT2D eigenvalue weighted by Crippen LogP contribution is 2.23. The van der Waals surface area contributed by atoms with Crippen LogP contribution in [0, 0.1) is 5.92 Å². The number of hydrogen-bond donors (Lipinski definition) is 1. The minimum atomic E-state index is -0.593. The molecule has 2 aliphatic rings. The number of nitrogens with zero attached hydrogens (tertiary/aromatic N) is 2. The van der Waals surface area contributed by atoms with Crippen molar-refractivity contribution in [2.45, 2.75) is 51.0 Å². The molecule has 176 valence electrons. The van der Waals surface area contributed by atoms with E-state index in [1.165, 1.54) is 12.8 Å².